The summed E-state index contributed by atoms with van der Waals surface area (Å²) in [6.45, 7) is 0.518. The summed E-state index contributed by atoms with van der Waals surface area (Å²) in [6, 6.07) is 12.1. The van der Waals surface area contributed by atoms with E-state index in [1.54, 1.807) is 18.0 Å². The first-order valence-corrected chi connectivity index (χ1v) is 6.48. The van der Waals surface area contributed by atoms with Gasteiger partial charge in [0.1, 0.15) is 5.03 Å². The molecule has 0 saturated heterocycles. The van der Waals surface area contributed by atoms with Gasteiger partial charge in [-0.1, -0.05) is 39.8 Å². The van der Waals surface area contributed by atoms with Gasteiger partial charge >= 0.3 is 0 Å². The highest BCUT2D eigenvalue weighted by molar-refractivity contribution is 9.10. The minimum atomic E-state index is 0.518. The van der Waals surface area contributed by atoms with Crippen LogP contribution in [0.5, 0.6) is 0 Å². The number of halogens is 1. The van der Waals surface area contributed by atoms with Crippen LogP contribution in [0, 0.1) is 0 Å². The Labute approximate surface area is 107 Å². The summed E-state index contributed by atoms with van der Waals surface area (Å²) in [5.74, 6) is 0. The number of hydrogen-bond donors (Lipinski definition) is 1. The number of nitrogens with two attached hydrogens (primary N) is 1. The molecule has 2 N–H and O–H groups in total. The molecule has 1 heterocycles. The van der Waals surface area contributed by atoms with Gasteiger partial charge < -0.3 is 5.73 Å². The van der Waals surface area contributed by atoms with Crippen molar-refractivity contribution in [3.8, 4) is 0 Å². The Hall–Kier alpha value is -0.840. The Morgan fingerprint density at radius 3 is 2.88 bits per heavy atom. The fraction of sp³-hybridized carbons (Fsp3) is 0.0833. The highest BCUT2D eigenvalue weighted by atomic mass is 79.9. The molecule has 0 spiro atoms. The van der Waals surface area contributed by atoms with Crippen LogP contribution in [0.3, 0.4) is 0 Å². The van der Waals surface area contributed by atoms with Crippen molar-refractivity contribution in [1.82, 2.24) is 4.98 Å². The number of benzene rings is 1. The molecule has 0 aliphatic carbocycles. The van der Waals surface area contributed by atoms with Crippen molar-refractivity contribution in [3.05, 3.63) is 52.6 Å². The first-order valence-electron chi connectivity index (χ1n) is 4.87. The molecule has 2 rings (SSSR count). The van der Waals surface area contributed by atoms with Crippen LogP contribution in [0.25, 0.3) is 0 Å². The van der Waals surface area contributed by atoms with Crippen LogP contribution in [-0.4, -0.2) is 4.98 Å². The smallest absolute Gasteiger partial charge is 0.105 e. The van der Waals surface area contributed by atoms with E-state index in [1.165, 1.54) is 0 Å². The van der Waals surface area contributed by atoms with Gasteiger partial charge in [0.05, 0.1) is 0 Å². The van der Waals surface area contributed by atoms with Crippen molar-refractivity contribution >= 4 is 27.7 Å². The Morgan fingerprint density at radius 2 is 2.12 bits per heavy atom. The van der Waals surface area contributed by atoms with E-state index >= 15 is 0 Å². The lowest BCUT2D eigenvalue weighted by Gasteiger charge is -2.05. The van der Waals surface area contributed by atoms with E-state index in [1.807, 2.05) is 24.3 Å². The van der Waals surface area contributed by atoms with Crippen LogP contribution in [0.15, 0.2) is 57.0 Å². The van der Waals surface area contributed by atoms with Gasteiger partial charge in [-0.25, -0.2) is 4.98 Å². The predicted octanol–water partition coefficient (Wildman–Crippen LogP) is 3.45. The van der Waals surface area contributed by atoms with Crippen molar-refractivity contribution < 1.29 is 0 Å². The van der Waals surface area contributed by atoms with Crippen molar-refractivity contribution in [2.45, 2.75) is 16.5 Å². The molecule has 1 aromatic heterocycles. The molecule has 0 fully saturated rings. The largest absolute Gasteiger partial charge is 0.326 e. The van der Waals surface area contributed by atoms with Crippen LogP contribution in [-0.2, 0) is 6.54 Å². The summed E-state index contributed by atoms with van der Waals surface area (Å²) in [7, 11) is 0. The third kappa shape index (κ3) is 2.84. The van der Waals surface area contributed by atoms with Crippen molar-refractivity contribution in [1.29, 1.82) is 0 Å². The molecule has 0 aliphatic heterocycles. The number of hydrogen-bond acceptors (Lipinski definition) is 3. The van der Waals surface area contributed by atoms with Gasteiger partial charge in [0.2, 0.25) is 0 Å². The molecule has 0 unspecified atom stereocenters. The quantitative estimate of drug-likeness (QED) is 0.942. The maximum atomic E-state index is 5.67. The van der Waals surface area contributed by atoms with Crippen LogP contribution in [0.2, 0.25) is 0 Å². The average Bonchev–Trinajstić information content (AvgIpc) is 2.30. The molecule has 2 aromatic rings. The van der Waals surface area contributed by atoms with E-state index in [0.717, 1.165) is 20.0 Å². The Kier molecular flexibility index (Phi) is 3.98. The molecule has 4 heteroatoms. The maximum Gasteiger partial charge on any atom is 0.105 e. The lowest BCUT2D eigenvalue weighted by Crippen LogP contribution is -1.99. The van der Waals surface area contributed by atoms with Crippen LogP contribution in [0.4, 0.5) is 0 Å². The van der Waals surface area contributed by atoms with E-state index < -0.39 is 0 Å². The van der Waals surface area contributed by atoms with Crippen LogP contribution in [0.1, 0.15) is 5.56 Å². The maximum absolute atomic E-state index is 5.67. The summed E-state index contributed by atoms with van der Waals surface area (Å²) < 4.78 is 1.07. The minimum absolute atomic E-state index is 0.518. The van der Waals surface area contributed by atoms with Gasteiger partial charge in [0, 0.05) is 22.1 Å². The van der Waals surface area contributed by atoms with Gasteiger partial charge in [-0.2, -0.15) is 0 Å². The molecular formula is C12H11BrN2S. The highest BCUT2D eigenvalue weighted by Gasteiger charge is 2.04. The fourth-order valence-electron chi connectivity index (χ4n) is 1.31. The molecular weight excluding hydrogens is 284 g/mol. The number of rotatable bonds is 3. The van der Waals surface area contributed by atoms with Gasteiger partial charge in [-0.3, -0.25) is 0 Å². The third-order valence-corrected chi connectivity index (χ3v) is 3.62. The first kappa shape index (κ1) is 11.6. The van der Waals surface area contributed by atoms with Crippen LogP contribution >= 0.6 is 27.7 Å². The summed E-state index contributed by atoms with van der Waals surface area (Å²) >= 11 is 5.08. The third-order valence-electron chi connectivity index (χ3n) is 2.08. The van der Waals surface area contributed by atoms with E-state index in [-0.39, 0.29) is 0 Å². The van der Waals surface area contributed by atoms with Gasteiger partial charge in [0.25, 0.3) is 0 Å². The zero-order chi connectivity index (χ0) is 11.4. The molecule has 0 amide bonds. The van der Waals surface area contributed by atoms with Gasteiger partial charge in [0.15, 0.2) is 0 Å². The fourth-order valence-corrected chi connectivity index (χ4v) is 2.82. The lowest BCUT2D eigenvalue weighted by atomic mass is 10.3. The summed E-state index contributed by atoms with van der Waals surface area (Å²) in [4.78, 5) is 5.50. The average molecular weight is 295 g/mol. The first-order chi connectivity index (χ1) is 7.79. The number of pyridine rings is 1. The lowest BCUT2D eigenvalue weighted by molar-refractivity contribution is 0.963. The number of nitrogens with zero attached hydrogens (tertiary/aromatic N) is 1. The predicted molar refractivity (Wildman–Crippen MR) is 70.4 cm³/mol. The molecule has 16 heavy (non-hydrogen) atoms. The van der Waals surface area contributed by atoms with Crippen molar-refractivity contribution in [2.24, 2.45) is 5.73 Å². The Bertz CT molecular complexity index is 488. The normalized spacial score (nSPS) is 10.4. The highest BCUT2D eigenvalue weighted by Crippen LogP contribution is 2.29. The number of aromatic nitrogens is 1. The zero-order valence-electron chi connectivity index (χ0n) is 8.56. The summed E-state index contributed by atoms with van der Waals surface area (Å²) in [5, 5.41) is 0.975. The monoisotopic (exact) mass is 294 g/mol. The van der Waals surface area contributed by atoms with E-state index in [4.69, 9.17) is 5.73 Å². The van der Waals surface area contributed by atoms with E-state index in [0.29, 0.717) is 6.54 Å². The standard InChI is InChI=1S/C12H11BrN2S/c13-10-4-1-5-11(7-10)16-12-9(8-14)3-2-6-15-12/h1-7H,8,14H2. The topological polar surface area (TPSA) is 38.9 Å². The molecule has 1 aromatic carbocycles. The van der Waals surface area contributed by atoms with E-state index in [2.05, 4.69) is 33.0 Å². The van der Waals surface area contributed by atoms with Gasteiger partial charge in [-0.05, 0) is 29.8 Å². The Morgan fingerprint density at radius 1 is 1.25 bits per heavy atom. The second-order valence-corrected chi connectivity index (χ2v) is 5.21. The molecule has 0 aliphatic rings. The molecule has 0 bridgehead atoms. The van der Waals surface area contributed by atoms with Crippen molar-refractivity contribution in [2.75, 3.05) is 0 Å². The second kappa shape index (κ2) is 5.48. The molecule has 0 atom stereocenters. The van der Waals surface area contributed by atoms with Crippen molar-refractivity contribution in [3.63, 3.8) is 0 Å². The zero-order valence-corrected chi connectivity index (χ0v) is 11.0. The summed E-state index contributed by atoms with van der Waals surface area (Å²) in [5.41, 5.74) is 6.75. The Balaban J connectivity index is 2.26. The minimum Gasteiger partial charge on any atom is -0.326 e. The van der Waals surface area contributed by atoms with E-state index in [9.17, 15) is 0 Å². The molecule has 2 nitrogen and oxygen atoms in total. The molecule has 0 radical (unpaired) electrons. The second-order valence-electron chi connectivity index (χ2n) is 3.23. The molecule has 82 valence electrons. The summed E-state index contributed by atoms with van der Waals surface area (Å²) in [6.07, 6.45) is 1.79. The SMILES string of the molecule is NCc1cccnc1Sc1cccc(Br)c1. The van der Waals surface area contributed by atoms with Crippen LogP contribution < -0.4 is 5.73 Å². The van der Waals surface area contributed by atoms with Gasteiger partial charge in [-0.15, -0.1) is 0 Å². The molecule has 0 saturated carbocycles.